The zero-order chi connectivity index (χ0) is 47.2. The van der Waals surface area contributed by atoms with Crippen LogP contribution in [0.2, 0.25) is 0 Å². The van der Waals surface area contributed by atoms with Crippen molar-refractivity contribution < 1.29 is 26.2 Å². The molecule has 0 saturated carbocycles. The van der Waals surface area contributed by atoms with E-state index in [-0.39, 0.29) is 49.5 Å². The molecule has 0 amide bonds. The molecule has 5 heteroatoms. The van der Waals surface area contributed by atoms with Crippen LogP contribution < -0.4 is 0 Å². The fourth-order valence-corrected chi connectivity index (χ4v) is 9.14. The van der Waals surface area contributed by atoms with Crippen molar-refractivity contribution in [2.45, 2.75) is 98.3 Å². The second-order valence-electron chi connectivity index (χ2n) is 20.4. The summed E-state index contributed by atoms with van der Waals surface area (Å²) in [4.78, 5) is 10.6. The summed E-state index contributed by atoms with van der Waals surface area (Å²) in [5.74, 6) is 1.30. The number of rotatable bonds is 11. The number of aromatic nitrogens is 3. The topological polar surface area (TPSA) is 50.9 Å². The van der Waals surface area contributed by atoms with Crippen molar-refractivity contribution in [1.29, 1.82) is 0 Å². The van der Waals surface area contributed by atoms with Gasteiger partial charge in [0.15, 0.2) is 0 Å². The minimum atomic E-state index is -0.0341. The molecule has 0 spiro atoms. The smallest absolute Gasteiger partial charge is 0.148 e. The molecule has 9 aromatic rings. The van der Waals surface area contributed by atoms with Crippen LogP contribution in [0, 0.1) is 6.07 Å². The van der Waals surface area contributed by atoms with Crippen LogP contribution in [0.15, 0.2) is 164 Å². The second kappa shape index (κ2) is 19.3. The minimum absolute atomic E-state index is 0. The zero-order valence-corrected chi connectivity index (χ0v) is 43.3. The fourth-order valence-electron chi connectivity index (χ4n) is 9.14. The van der Waals surface area contributed by atoms with Gasteiger partial charge in [0.1, 0.15) is 11.6 Å². The van der Waals surface area contributed by atoms with E-state index in [0.717, 1.165) is 90.0 Å². The number of hydrogen-bond acceptors (Lipinski definition) is 3. The predicted molar refractivity (Wildman–Crippen MR) is 282 cm³/mol. The maximum atomic E-state index is 12.4. The minimum Gasteiger partial charge on any atom is -0.507 e. The van der Waals surface area contributed by atoms with Crippen molar-refractivity contribution in [1.82, 2.24) is 14.5 Å². The molecule has 68 heavy (non-hydrogen) atoms. The van der Waals surface area contributed by atoms with Crippen LogP contribution in [-0.2, 0) is 31.9 Å². The second-order valence-corrected chi connectivity index (χ2v) is 20.4. The molecule has 1 N–H and O–H groups in total. The first-order chi connectivity index (χ1) is 32.1. The van der Waals surface area contributed by atoms with Crippen molar-refractivity contribution in [3.05, 3.63) is 192 Å². The van der Waals surface area contributed by atoms with E-state index in [9.17, 15) is 5.11 Å². The molecule has 0 fully saturated rings. The molecule has 0 saturated heterocycles. The molecule has 0 aliphatic carbocycles. The Labute approximate surface area is 418 Å². The van der Waals surface area contributed by atoms with Crippen LogP contribution in [0.25, 0.3) is 83.9 Å². The summed E-state index contributed by atoms with van der Waals surface area (Å²) in [6.45, 7) is 22.3. The Hall–Kier alpha value is -6.35. The van der Waals surface area contributed by atoms with Crippen LogP contribution in [-0.4, -0.2) is 19.6 Å². The molecule has 0 radical (unpaired) electrons. The van der Waals surface area contributed by atoms with Gasteiger partial charge < -0.3 is 5.11 Å². The fraction of sp³-hybridized carbons (Fsp3) is 0.238. The van der Waals surface area contributed by atoms with E-state index in [4.69, 9.17) is 9.97 Å². The maximum Gasteiger partial charge on any atom is 0.148 e. The number of pyridine rings is 1. The van der Waals surface area contributed by atoms with Crippen LogP contribution >= 0.6 is 0 Å². The van der Waals surface area contributed by atoms with E-state index in [1.165, 1.54) is 11.1 Å². The molecular formula is C63H62N3OPt-. The third-order valence-corrected chi connectivity index (χ3v) is 13.8. The van der Waals surface area contributed by atoms with E-state index in [1.54, 1.807) is 0 Å². The van der Waals surface area contributed by atoms with Crippen molar-refractivity contribution in [3.8, 4) is 78.6 Å². The Kier molecular flexibility index (Phi) is 13.7. The van der Waals surface area contributed by atoms with E-state index in [2.05, 4.69) is 238 Å². The largest absolute Gasteiger partial charge is 0.507 e. The normalized spacial score (nSPS) is 11.9. The Morgan fingerprint density at radius 3 is 1.87 bits per heavy atom. The zero-order valence-electron chi connectivity index (χ0n) is 41.1. The number of nitrogens with zero attached hydrogens (tertiary/aromatic N) is 3. The van der Waals surface area contributed by atoms with Crippen molar-refractivity contribution in [2.24, 2.45) is 0 Å². The van der Waals surface area contributed by atoms with Crippen LogP contribution in [0.3, 0.4) is 0 Å². The summed E-state index contributed by atoms with van der Waals surface area (Å²) in [7, 11) is 0. The summed E-state index contributed by atoms with van der Waals surface area (Å²) in [6.07, 6.45) is 2.90. The first-order valence-corrected chi connectivity index (χ1v) is 23.9. The Morgan fingerprint density at radius 1 is 0.574 bits per heavy atom. The van der Waals surface area contributed by atoms with Crippen LogP contribution in [0.1, 0.15) is 110 Å². The monoisotopic (exact) mass is 1070 g/mol. The Bertz CT molecular complexity index is 3230. The number of fused-ring (bicyclic) bond motifs is 1. The first-order valence-electron chi connectivity index (χ1n) is 23.9. The van der Waals surface area contributed by atoms with Gasteiger partial charge in [-0.15, -0.1) is 23.8 Å². The van der Waals surface area contributed by atoms with Gasteiger partial charge in [-0.1, -0.05) is 201 Å². The molecule has 0 aliphatic heterocycles. The van der Waals surface area contributed by atoms with Crippen LogP contribution in [0.5, 0.6) is 5.75 Å². The molecule has 7 aromatic carbocycles. The molecule has 9 rings (SSSR count). The van der Waals surface area contributed by atoms with Crippen molar-refractivity contribution in [2.75, 3.05) is 0 Å². The van der Waals surface area contributed by atoms with Gasteiger partial charge >= 0.3 is 0 Å². The molecule has 0 aliphatic rings. The van der Waals surface area contributed by atoms with Crippen molar-refractivity contribution in [3.63, 3.8) is 0 Å². The molecule has 0 atom stereocenters. The van der Waals surface area contributed by atoms with Gasteiger partial charge in [-0.3, -0.25) is 9.55 Å². The number of hydrogen-bond donors (Lipinski definition) is 1. The molecule has 4 nitrogen and oxygen atoms in total. The van der Waals surface area contributed by atoms with E-state index in [1.807, 2.05) is 6.20 Å². The number of phenols is 1. The van der Waals surface area contributed by atoms with E-state index in [0.29, 0.717) is 11.4 Å². The number of para-hydroxylation sites is 1. The first kappa shape index (κ1) is 48.1. The standard InChI is InChI=1S/C63H62N3O.Pt/c1-11-63(9,10)51-29-30-57(54(39-51)44-21-16-13-17-22-44)66-58-24-18-23-52(59(58)65-61(66)55-37-46(40(2)3)36-53(41(4)5)60(55)67)48-33-47(42-19-14-12-15-20-42)34-49(35-48)56-38-45(31-32-64-56)43-25-27-50(28-26-43)62(6,7)8;/h12-34,36-41,67H,11H2,1-10H3;/q-1;. The summed E-state index contributed by atoms with van der Waals surface area (Å²) in [6, 6.07) is 60.3. The van der Waals surface area contributed by atoms with Crippen molar-refractivity contribution >= 4 is 11.0 Å². The molecule has 2 heterocycles. The summed E-state index contributed by atoms with van der Waals surface area (Å²) in [5, 5.41) is 12.4. The van der Waals surface area contributed by atoms with Gasteiger partial charge in [0, 0.05) is 38.5 Å². The SMILES string of the molecule is CCC(C)(C)c1ccc(-n2c(-c3cc(C(C)C)cc(C(C)C)c3O)nc3c(-c4[c-]c(-c5cc(-c6ccc(C(C)(C)C)cc6)ccn5)cc(-c5ccccc5)c4)cccc32)c(-c2ccccc2)c1.[Pt]. The van der Waals surface area contributed by atoms with E-state index >= 15 is 0 Å². The molecular weight excluding hydrogens is 1010 g/mol. The molecule has 2 aromatic heterocycles. The molecule has 346 valence electrons. The van der Waals surface area contributed by atoms with Gasteiger partial charge in [-0.05, 0) is 104 Å². The number of imidazole rings is 1. The van der Waals surface area contributed by atoms with Gasteiger partial charge in [0.2, 0.25) is 0 Å². The Morgan fingerprint density at radius 2 is 1.22 bits per heavy atom. The summed E-state index contributed by atoms with van der Waals surface area (Å²) >= 11 is 0. The Balaban J connectivity index is 0.00000625. The number of benzene rings is 7. The maximum absolute atomic E-state index is 12.4. The number of phenolic OH excluding ortho intramolecular Hbond substituents is 1. The third-order valence-electron chi connectivity index (χ3n) is 13.8. The summed E-state index contributed by atoms with van der Waals surface area (Å²) < 4.78 is 2.28. The molecule has 0 bridgehead atoms. The van der Waals surface area contributed by atoms with Gasteiger partial charge in [-0.25, -0.2) is 4.98 Å². The average Bonchev–Trinajstić information content (AvgIpc) is 3.73. The number of aromatic hydroxyl groups is 1. The average molecular weight is 1070 g/mol. The summed E-state index contributed by atoms with van der Waals surface area (Å²) in [5.41, 5.74) is 18.4. The van der Waals surface area contributed by atoms with Crippen LogP contribution in [0.4, 0.5) is 0 Å². The third kappa shape index (κ3) is 9.41. The van der Waals surface area contributed by atoms with Gasteiger partial charge in [0.05, 0.1) is 22.3 Å². The van der Waals surface area contributed by atoms with Gasteiger partial charge in [-0.2, -0.15) is 0 Å². The predicted octanol–water partition coefficient (Wildman–Crippen LogP) is 17.2. The molecule has 0 unspecified atom stereocenters. The van der Waals surface area contributed by atoms with Gasteiger partial charge in [0.25, 0.3) is 0 Å². The quantitative estimate of drug-likeness (QED) is 0.131. The van der Waals surface area contributed by atoms with E-state index < -0.39 is 0 Å².